The molecule has 2 amide bonds. The first kappa shape index (κ1) is 24.4. The molecule has 1 aromatic carbocycles. The van der Waals surface area contributed by atoms with E-state index < -0.39 is 36.4 Å². The maximum Gasteiger partial charge on any atom is 0.254 e. The topological polar surface area (TPSA) is 144 Å². The van der Waals surface area contributed by atoms with Crippen molar-refractivity contribution in [1.29, 1.82) is 0 Å². The van der Waals surface area contributed by atoms with Crippen LogP contribution in [-0.2, 0) is 4.79 Å². The van der Waals surface area contributed by atoms with Crippen LogP contribution in [-0.4, -0.2) is 44.7 Å². The monoisotopic (exact) mass is 498 g/mol. The zero-order valence-electron chi connectivity index (χ0n) is 18.7. The van der Waals surface area contributed by atoms with Gasteiger partial charge < -0.3 is 20.9 Å². The predicted octanol–water partition coefficient (Wildman–Crippen LogP) is 2.65. The minimum atomic E-state index is -1.31. The molecule has 0 aliphatic heterocycles. The molecule has 4 N–H and O–H groups in total. The molecule has 0 bridgehead atoms. The van der Waals surface area contributed by atoms with Gasteiger partial charge in [0.05, 0.1) is 22.7 Å². The Morgan fingerprint density at radius 1 is 1.26 bits per heavy atom. The average Bonchev–Trinajstić information content (AvgIpc) is 3.57. The Balaban J connectivity index is 1.42. The largest absolute Gasteiger partial charge is 0.469 e. The maximum atomic E-state index is 14.6. The van der Waals surface area contributed by atoms with Crippen LogP contribution < -0.4 is 15.8 Å². The Bertz CT molecular complexity index is 1260. The molecule has 0 spiro atoms. The highest BCUT2D eigenvalue weighted by molar-refractivity contribution is 7.06. The zero-order valence-corrected chi connectivity index (χ0v) is 19.5. The fourth-order valence-electron chi connectivity index (χ4n) is 3.33. The number of aromatic nitrogens is 2. The number of aliphatic hydroxyl groups excluding tert-OH is 1. The van der Waals surface area contributed by atoms with Gasteiger partial charge in [-0.3, -0.25) is 14.4 Å². The van der Waals surface area contributed by atoms with Crippen molar-refractivity contribution in [2.24, 2.45) is 11.7 Å². The third kappa shape index (κ3) is 5.69. The zero-order chi connectivity index (χ0) is 25.1. The number of rotatable bonds is 10. The molecule has 9 nitrogen and oxygen atoms in total. The summed E-state index contributed by atoms with van der Waals surface area (Å²) >= 11 is 1.19. The van der Waals surface area contributed by atoms with Gasteiger partial charge in [0.2, 0.25) is 11.8 Å². The molecule has 11 heteroatoms. The Morgan fingerprint density at radius 2 is 2.03 bits per heavy atom. The van der Waals surface area contributed by atoms with Gasteiger partial charge in [-0.15, -0.1) is 0 Å². The van der Waals surface area contributed by atoms with E-state index in [4.69, 9.17) is 15.6 Å². The number of ketones is 1. The van der Waals surface area contributed by atoms with Gasteiger partial charge in [0.15, 0.2) is 5.78 Å². The number of ether oxygens (including phenoxy) is 1. The van der Waals surface area contributed by atoms with Gasteiger partial charge in [-0.2, -0.15) is 4.37 Å². The van der Waals surface area contributed by atoms with Gasteiger partial charge in [-0.1, -0.05) is 6.07 Å². The Labute approximate surface area is 204 Å². The lowest BCUT2D eigenvalue weighted by Gasteiger charge is -2.13. The lowest BCUT2D eigenvalue weighted by Crippen LogP contribution is -2.47. The average molecular weight is 499 g/mol. The van der Waals surface area contributed by atoms with Crippen LogP contribution >= 0.6 is 11.5 Å². The van der Waals surface area contributed by atoms with E-state index in [0.717, 1.165) is 23.8 Å². The number of Topliss-reactive ketones (excluding diaryl/α,β-unsaturated/α-hetero) is 1. The van der Waals surface area contributed by atoms with Crippen molar-refractivity contribution in [2.75, 3.05) is 6.61 Å². The molecule has 1 saturated carbocycles. The van der Waals surface area contributed by atoms with Crippen molar-refractivity contribution in [3.05, 3.63) is 64.4 Å². The molecule has 1 aliphatic carbocycles. The molecular weight excluding hydrogens is 475 g/mol. The summed E-state index contributed by atoms with van der Waals surface area (Å²) in [6.07, 6.45) is 2.99. The molecule has 4 rings (SSSR count). The van der Waals surface area contributed by atoms with Crippen molar-refractivity contribution >= 4 is 29.1 Å². The number of nitrogens with two attached hydrogens (primary N) is 1. The summed E-state index contributed by atoms with van der Waals surface area (Å²) in [5.41, 5.74) is 6.30. The predicted molar refractivity (Wildman–Crippen MR) is 125 cm³/mol. The van der Waals surface area contributed by atoms with Crippen LogP contribution in [0.15, 0.2) is 42.6 Å². The molecule has 0 saturated heterocycles. The Hall–Kier alpha value is -3.70. The number of benzene rings is 1. The van der Waals surface area contributed by atoms with Crippen LogP contribution in [0, 0.1) is 11.7 Å². The van der Waals surface area contributed by atoms with Crippen molar-refractivity contribution in [1.82, 2.24) is 14.7 Å². The minimum absolute atomic E-state index is 0.112. The van der Waals surface area contributed by atoms with E-state index in [9.17, 15) is 18.8 Å². The first-order chi connectivity index (χ1) is 16.8. The van der Waals surface area contributed by atoms with Gasteiger partial charge >= 0.3 is 0 Å². The second kappa shape index (κ2) is 10.3. The molecule has 2 aromatic heterocycles. The van der Waals surface area contributed by atoms with Crippen LogP contribution in [0.4, 0.5) is 4.39 Å². The molecule has 0 radical (unpaired) electrons. The van der Waals surface area contributed by atoms with Gasteiger partial charge in [-0.05, 0) is 55.6 Å². The van der Waals surface area contributed by atoms with Gasteiger partial charge in [-0.25, -0.2) is 9.37 Å². The molecule has 2 atom stereocenters. The number of nitrogens with zero attached hydrogens (tertiary/aromatic N) is 2. The first-order valence-corrected chi connectivity index (χ1v) is 11.7. The summed E-state index contributed by atoms with van der Waals surface area (Å²) in [6, 6.07) is 7.76. The molecule has 182 valence electrons. The number of carbonyl (C=O) groups is 3. The number of hydrogen-bond acceptors (Lipinski definition) is 8. The summed E-state index contributed by atoms with van der Waals surface area (Å²) in [6.45, 7) is 1.13. The Morgan fingerprint density at radius 3 is 2.63 bits per heavy atom. The van der Waals surface area contributed by atoms with Crippen LogP contribution in [0.3, 0.4) is 0 Å². The smallest absolute Gasteiger partial charge is 0.254 e. The lowest BCUT2D eigenvalue weighted by molar-refractivity contribution is -0.120. The number of carbonyl (C=O) groups excluding carboxylic acids is 3. The fraction of sp³-hybridized carbons (Fsp3) is 0.292. The molecule has 3 aromatic rings. The summed E-state index contributed by atoms with van der Waals surface area (Å²) in [5.74, 6) is -2.00. The van der Waals surface area contributed by atoms with E-state index in [1.807, 2.05) is 6.92 Å². The molecule has 2 heterocycles. The number of amides is 2. The van der Waals surface area contributed by atoms with Crippen LogP contribution in [0.2, 0.25) is 0 Å². The van der Waals surface area contributed by atoms with E-state index in [1.54, 1.807) is 18.2 Å². The normalized spacial score (nSPS) is 14.7. The minimum Gasteiger partial charge on any atom is -0.469 e. The van der Waals surface area contributed by atoms with Crippen LogP contribution in [0.25, 0.3) is 11.3 Å². The molecular formula is C24H23FN4O5S. The van der Waals surface area contributed by atoms with E-state index in [-0.39, 0.29) is 17.3 Å². The molecule has 1 fully saturated rings. The highest BCUT2D eigenvalue weighted by Crippen LogP contribution is 2.33. The first-order valence-electron chi connectivity index (χ1n) is 10.9. The quantitative estimate of drug-likeness (QED) is 0.365. The number of aliphatic hydroxyl groups is 1. The van der Waals surface area contributed by atoms with Crippen molar-refractivity contribution in [2.45, 2.75) is 31.9 Å². The van der Waals surface area contributed by atoms with Crippen molar-refractivity contribution < 1.29 is 28.6 Å². The summed E-state index contributed by atoms with van der Waals surface area (Å²) in [5, 5.41) is 11.3. The summed E-state index contributed by atoms with van der Waals surface area (Å²) in [4.78, 5) is 40.5. The van der Waals surface area contributed by atoms with Crippen LogP contribution in [0.5, 0.6) is 5.88 Å². The molecule has 35 heavy (non-hydrogen) atoms. The van der Waals surface area contributed by atoms with E-state index in [0.29, 0.717) is 22.7 Å². The molecule has 1 aliphatic rings. The van der Waals surface area contributed by atoms with Gasteiger partial charge in [0.1, 0.15) is 18.0 Å². The summed E-state index contributed by atoms with van der Waals surface area (Å²) < 4.78 is 24.8. The molecule has 1 unspecified atom stereocenters. The van der Waals surface area contributed by atoms with E-state index in [1.165, 1.54) is 29.9 Å². The standard InChI is InChI=1S/C24H23FN4O5S/c1-12(34-21-7-5-15(10-27-21)22(31)13-2-3-13)20-9-18(29-35-20)14-4-6-16(17(25)8-14)24(33)28-19(11-30)23(26)32/h4-10,12-13,19,30H,2-3,11H2,1H3,(H2,26,32)(H,28,33)/t12?,19-/m0/s1. The number of primary amides is 1. The highest BCUT2D eigenvalue weighted by Gasteiger charge is 2.30. The maximum absolute atomic E-state index is 14.6. The fourth-order valence-corrected chi connectivity index (χ4v) is 4.06. The number of hydrogen-bond donors (Lipinski definition) is 3. The van der Waals surface area contributed by atoms with Crippen molar-refractivity contribution in [3.63, 3.8) is 0 Å². The third-order valence-corrected chi connectivity index (χ3v) is 6.48. The van der Waals surface area contributed by atoms with Gasteiger partial charge in [0.25, 0.3) is 5.91 Å². The number of halogens is 1. The second-order valence-electron chi connectivity index (χ2n) is 8.20. The number of pyridine rings is 1. The lowest BCUT2D eigenvalue weighted by atomic mass is 10.1. The van der Waals surface area contributed by atoms with Gasteiger partial charge in [0, 0.05) is 29.3 Å². The van der Waals surface area contributed by atoms with Crippen LogP contribution in [0.1, 0.15) is 51.5 Å². The third-order valence-electron chi connectivity index (χ3n) is 5.54. The SMILES string of the molecule is CC(Oc1ccc(C(=O)C2CC2)cn1)c1cc(-c2ccc(C(=O)N[C@@H](CO)C(N)=O)c(F)c2)ns1. The van der Waals surface area contributed by atoms with Crippen molar-refractivity contribution in [3.8, 4) is 17.1 Å². The highest BCUT2D eigenvalue weighted by atomic mass is 32.1. The summed E-state index contributed by atoms with van der Waals surface area (Å²) in [7, 11) is 0. The van der Waals surface area contributed by atoms with E-state index in [2.05, 4.69) is 14.7 Å². The Kier molecular flexibility index (Phi) is 7.17. The number of nitrogens with one attached hydrogen (secondary N) is 1. The van der Waals surface area contributed by atoms with E-state index >= 15 is 0 Å². The second-order valence-corrected chi connectivity index (χ2v) is 9.04.